The summed E-state index contributed by atoms with van der Waals surface area (Å²) in [4.78, 5) is 4.35. The maximum atomic E-state index is 4.35. The van der Waals surface area contributed by atoms with E-state index in [1.165, 1.54) is 39.3 Å². The first-order valence-electron chi connectivity index (χ1n) is 8.45. The summed E-state index contributed by atoms with van der Waals surface area (Å²) < 4.78 is 7.01. The Labute approximate surface area is 144 Å². The average molecular weight is 323 g/mol. The molecule has 0 spiro atoms. The van der Waals surface area contributed by atoms with E-state index in [-0.39, 0.29) is 0 Å². The number of rotatable bonds is 1. The van der Waals surface area contributed by atoms with E-state index in [4.69, 9.17) is 0 Å². The van der Waals surface area contributed by atoms with E-state index in [9.17, 15) is 0 Å². The SMILES string of the molecule is c1ccc(-n2c3ccccc3n3c4[n+](cc23)Cc2ccncc2-4)cc1. The van der Waals surface area contributed by atoms with Crippen LogP contribution in [0.2, 0.25) is 0 Å². The van der Waals surface area contributed by atoms with Crippen LogP contribution in [-0.2, 0) is 6.54 Å². The zero-order valence-corrected chi connectivity index (χ0v) is 13.5. The fourth-order valence-corrected chi connectivity index (χ4v) is 4.05. The van der Waals surface area contributed by atoms with Crippen molar-refractivity contribution in [3.05, 3.63) is 84.8 Å². The topological polar surface area (TPSA) is 26.1 Å². The van der Waals surface area contributed by atoms with E-state index in [0.717, 1.165) is 6.54 Å². The monoisotopic (exact) mass is 323 g/mol. The van der Waals surface area contributed by atoms with Crippen molar-refractivity contribution in [1.82, 2.24) is 14.0 Å². The van der Waals surface area contributed by atoms with Gasteiger partial charge in [-0.2, -0.15) is 4.40 Å². The van der Waals surface area contributed by atoms with Crippen molar-refractivity contribution in [2.24, 2.45) is 0 Å². The van der Waals surface area contributed by atoms with Crippen molar-refractivity contribution >= 4 is 16.7 Å². The first-order chi connectivity index (χ1) is 12.4. The Morgan fingerprint density at radius 1 is 0.880 bits per heavy atom. The van der Waals surface area contributed by atoms with Crippen molar-refractivity contribution in [2.75, 3.05) is 0 Å². The van der Waals surface area contributed by atoms with Gasteiger partial charge in [-0.05, 0) is 30.3 Å². The van der Waals surface area contributed by atoms with Gasteiger partial charge < -0.3 is 0 Å². The summed E-state index contributed by atoms with van der Waals surface area (Å²) in [6.07, 6.45) is 6.11. The van der Waals surface area contributed by atoms with E-state index in [1.54, 1.807) is 0 Å². The molecule has 5 aromatic rings. The smallest absolute Gasteiger partial charge is 0.270 e. The van der Waals surface area contributed by atoms with Crippen molar-refractivity contribution in [2.45, 2.75) is 6.54 Å². The van der Waals surface area contributed by atoms with Crippen LogP contribution in [0.5, 0.6) is 0 Å². The predicted molar refractivity (Wildman–Crippen MR) is 96.8 cm³/mol. The Bertz CT molecular complexity index is 1260. The first kappa shape index (κ1) is 13.0. The zero-order valence-electron chi connectivity index (χ0n) is 13.5. The molecule has 118 valence electrons. The highest BCUT2D eigenvalue weighted by Crippen LogP contribution is 2.33. The number of hydrogen-bond acceptors (Lipinski definition) is 1. The number of fused-ring (bicyclic) bond motifs is 7. The maximum absolute atomic E-state index is 4.35. The molecule has 0 bridgehead atoms. The van der Waals surface area contributed by atoms with Gasteiger partial charge in [-0.3, -0.25) is 9.55 Å². The third-order valence-corrected chi connectivity index (χ3v) is 5.08. The average Bonchev–Trinajstić information content (AvgIpc) is 3.28. The molecule has 4 heteroatoms. The molecule has 0 atom stereocenters. The van der Waals surface area contributed by atoms with Crippen molar-refractivity contribution in [3.8, 4) is 17.1 Å². The highest BCUT2D eigenvalue weighted by Gasteiger charge is 2.33. The van der Waals surface area contributed by atoms with Gasteiger partial charge in [0.1, 0.15) is 6.54 Å². The van der Waals surface area contributed by atoms with Crippen LogP contribution in [0.3, 0.4) is 0 Å². The largest absolute Gasteiger partial charge is 0.298 e. The van der Waals surface area contributed by atoms with Gasteiger partial charge in [0.2, 0.25) is 0 Å². The first-order valence-corrected chi connectivity index (χ1v) is 8.45. The normalized spacial score (nSPS) is 12.6. The number of imidazole rings is 2. The summed E-state index contributed by atoms with van der Waals surface area (Å²) >= 11 is 0. The predicted octanol–water partition coefficient (Wildman–Crippen LogP) is 3.59. The summed E-state index contributed by atoms with van der Waals surface area (Å²) in [5.74, 6) is 1.21. The van der Waals surface area contributed by atoms with Gasteiger partial charge in [0.05, 0.1) is 11.1 Å². The summed E-state index contributed by atoms with van der Waals surface area (Å²) in [5.41, 5.74) is 7.33. The van der Waals surface area contributed by atoms with E-state index >= 15 is 0 Å². The van der Waals surface area contributed by atoms with Gasteiger partial charge in [-0.25, -0.2) is 4.57 Å². The van der Waals surface area contributed by atoms with Crippen LogP contribution in [0.15, 0.2) is 79.3 Å². The standard InChI is InChI=1S/C21H15N4/c1-2-6-16(7-3-1)24-18-8-4-5-9-19(18)25-20(24)14-23-13-15-10-11-22-12-17(15)21(23)25/h1-12,14H,13H2/q+1. The fraction of sp³-hybridized carbons (Fsp3) is 0.0476. The molecule has 0 unspecified atom stereocenters. The summed E-state index contributed by atoms with van der Waals surface area (Å²) in [5, 5.41) is 0. The van der Waals surface area contributed by atoms with Crippen LogP contribution >= 0.6 is 0 Å². The molecule has 2 aromatic carbocycles. The lowest BCUT2D eigenvalue weighted by atomic mass is 10.2. The molecular formula is C21H15N4+. The second kappa shape index (κ2) is 4.57. The second-order valence-corrected chi connectivity index (χ2v) is 6.47. The van der Waals surface area contributed by atoms with Gasteiger partial charge in [0.25, 0.3) is 11.5 Å². The number of benzene rings is 2. The second-order valence-electron chi connectivity index (χ2n) is 6.47. The van der Waals surface area contributed by atoms with Crippen molar-refractivity contribution < 1.29 is 4.57 Å². The Morgan fingerprint density at radius 3 is 2.56 bits per heavy atom. The Morgan fingerprint density at radius 2 is 1.68 bits per heavy atom. The highest BCUT2D eigenvalue weighted by atomic mass is 15.2. The van der Waals surface area contributed by atoms with E-state index < -0.39 is 0 Å². The molecule has 0 fully saturated rings. The summed E-state index contributed by atoms with van der Waals surface area (Å²) in [7, 11) is 0. The molecule has 25 heavy (non-hydrogen) atoms. The molecule has 0 radical (unpaired) electrons. The van der Waals surface area contributed by atoms with Crippen LogP contribution < -0.4 is 4.57 Å². The van der Waals surface area contributed by atoms with Crippen LogP contribution in [0.4, 0.5) is 0 Å². The van der Waals surface area contributed by atoms with Gasteiger partial charge in [-0.1, -0.05) is 30.3 Å². The lowest BCUT2D eigenvalue weighted by Gasteiger charge is -2.02. The van der Waals surface area contributed by atoms with Crippen LogP contribution in [0, 0.1) is 0 Å². The van der Waals surface area contributed by atoms with Crippen molar-refractivity contribution in [1.29, 1.82) is 0 Å². The molecule has 1 aliphatic heterocycles. The zero-order chi connectivity index (χ0) is 16.4. The lowest BCUT2D eigenvalue weighted by molar-refractivity contribution is -0.670. The third kappa shape index (κ3) is 1.61. The van der Waals surface area contributed by atoms with Crippen LogP contribution in [0.25, 0.3) is 33.8 Å². The molecule has 4 nitrogen and oxygen atoms in total. The number of aromatic nitrogens is 4. The van der Waals surface area contributed by atoms with Crippen molar-refractivity contribution in [3.63, 3.8) is 0 Å². The molecule has 0 saturated carbocycles. The molecule has 4 heterocycles. The number of hydrogen-bond donors (Lipinski definition) is 0. The van der Waals surface area contributed by atoms with E-state index in [2.05, 4.69) is 85.4 Å². The highest BCUT2D eigenvalue weighted by molar-refractivity contribution is 5.86. The third-order valence-electron chi connectivity index (χ3n) is 5.08. The van der Waals surface area contributed by atoms with Crippen LogP contribution in [0.1, 0.15) is 5.56 Å². The molecule has 0 aliphatic carbocycles. The summed E-state index contributed by atoms with van der Waals surface area (Å²) in [6, 6.07) is 21.2. The maximum Gasteiger partial charge on any atom is 0.298 e. The molecule has 3 aromatic heterocycles. The minimum atomic E-state index is 0.901. The number of para-hydroxylation sites is 3. The summed E-state index contributed by atoms with van der Waals surface area (Å²) in [6.45, 7) is 0.901. The number of pyridine rings is 1. The van der Waals surface area contributed by atoms with Gasteiger partial charge in [0.15, 0.2) is 11.7 Å². The van der Waals surface area contributed by atoms with Gasteiger partial charge >= 0.3 is 0 Å². The minimum Gasteiger partial charge on any atom is -0.270 e. The minimum absolute atomic E-state index is 0.901. The van der Waals surface area contributed by atoms with Gasteiger partial charge in [-0.15, -0.1) is 0 Å². The molecule has 6 rings (SSSR count). The van der Waals surface area contributed by atoms with Gasteiger partial charge in [0, 0.05) is 23.6 Å². The Hall–Kier alpha value is -3.40. The fourth-order valence-electron chi connectivity index (χ4n) is 4.05. The molecule has 1 aliphatic rings. The van der Waals surface area contributed by atoms with Crippen LogP contribution in [-0.4, -0.2) is 14.0 Å². The number of nitrogens with zero attached hydrogens (tertiary/aromatic N) is 4. The Balaban J connectivity index is 1.81. The molecule has 0 amide bonds. The van der Waals surface area contributed by atoms with E-state index in [0.29, 0.717) is 0 Å². The molecule has 0 N–H and O–H groups in total. The lowest BCUT2D eigenvalue weighted by Crippen LogP contribution is -2.29. The van der Waals surface area contributed by atoms with E-state index in [1.807, 2.05) is 12.4 Å². The Kier molecular flexibility index (Phi) is 2.37. The molecular weight excluding hydrogens is 308 g/mol. The molecule has 0 saturated heterocycles. The quantitative estimate of drug-likeness (QED) is 0.425.